The molecule has 10 heavy (non-hydrogen) atoms. The van der Waals surface area contributed by atoms with Gasteiger partial charge >= 0.3 is 0 Å². The normalized spacial score (nSPS) is 9.80. The van der Waals surface area contributed by atoms with Crippen molar-refractivity contribution in [2.75, 3.05) is 0 Å². The third kappa shape index (κ3) is 0.920. The van der Waals surface area contributed by atoms with Gasteiger partial charge in [-0.15, -0.1) is 5.10 Å². The SMILES string of the molecule is CCn1nnc(C)c1C=O. The Kier molecular flexibility index (Phi) is 1.80. The van der Waals surface area contributed by atoms with Gasteiger partial charge < -0.3 is 0 Å². The Bertz CT molecular complexity index is 241. The molecule has 0 fully saturated rings. The molecule has 0 unspecified atom stereocenters. The van der Waals surface area contributed by atoms with Crippen molar-refractivity contribution in [1.29, 1.82) is 0 Å². The number of hydrogen-bond acceptors (Lipinski definition) is 3. The molecule has 4 nitrogen and oxygen atoms in total. The van der Waals surface area contributed by atoms with Gasteiger partial charge in [0.25, 0.3) is 0 Å². The van der Waals surface area contributed by atoms with E-state index in [0.29, 0.717) is 17.9 Å². The van der Waals surface area contributed by atoms with E-state index in [1.165, 1.54) is 0 Å². The number of carbonyl (C=O) groups excluding carboxylic acids is 1. The Morgan fingerprint density at radius 2 is 2.40 bits per heavy atom. The Hall–Kier alpha value is -1.19. The zero-order valence-electron chi connectivity index (χ0n) is 6.03. The van der Waals surface area contributed by atoms with Crippen LogP contribution in [-0.2, 0) is 6.54 Å². The molecule has 0 spiro atoms. The molecule has 54 valence electrons. The van der Waals surface area contributed by atoms with E-state index in [1.54, 1.807) is 11.6 Å². The molecule has 1 rings (SSSR count). The van der Waals surface area contributed by atoms with Gasteiger partial charge in [0.2, 0.25) is 0 Å². The van der Waals surface area contributed by atoms with Crippen LogP contribution in [0.2, 0.25) is 0 Å². The van der Waals surface area contributed by atoms with Crippen LogP contribution in [0.4, 0.5) is 0 Å². The summed E-state index contributed by atoms with van der Waals surface area (Å²) in [5.74, 6) is 0. The molecule has 1 aromatic heterocycles. The standard InChI is InChI=1S/C6H9N3O/c1-3-9-6(4-10)5(2)7-8-9/h4H,3H2,1-2H3. The van der Waals surface area contributed by atoms with E-state index in [9.17, 15) is 4.79 Å². The van der Waals surface area contributed by atoms with Gasteiger partial charge in [0.05, 0.1) is 5.69 Å². The van der Waals surface area contributed by atoms with Gasteiger partial charge in [-0.05, 0) is 13.8 Å². The molecule has 1 aromatic rings. The molecule has 0 aliphatic rings. The van der Waals surface area contributed by atoms with Gasteiger partial charge in [0.1, 0.15) is 5.69 Å². The Labute approximate surface area is 58.8 Å². The molecule has 0 N–H and O–H groups in total. The van der Waals surface area contributed by atoms with Gasteiger partial charge in [0.15, 0.2) is 6.29 Å². The molecule has 0 saturated heterocycles. The lowest BCUT2D eigenvalue weighted by Crippen LogP contribution is -2.01. The summed E-state index contributed by atoms with van der Waals surface area (Å²) in [5, 5.41) is 7.48. The van der Waals surface area contributed by atoms with E-state index < -0.39 is 0 Å². The lowest BCUT2D eigenvalue weighted by Gasteiger charge is -1.93. The number of rotatable bonds is 2. The molecule has 1 heterocycles. The molecule has 0 amide bonds. The summed E-state index contributed by atoms with van der Waals surface area (Å²) in [7, 11) is 0. The van der Waals surface area contributed by atoms with Crippen molar-refractivity contribution in [3.63, 3.8) is 0 Å². The second-order valence-corrected chi connectivity index (χ2v) is 1.99. The van der Waals surface area contributed by atoms with Crippen molar-refractivity contribution in [1.82, 2.24) is 15.0 Å². The maximum absolute atomic E-state index is 10.4. The molecule has 4 heteroatoms. The number of aldehydes is 1. The van der Waals surface area contributed by atoms with Crippen molar-refractivity contribution < 1.29 is 4.79 Å². The minimum absolute atomic E-state index is 0.572. The molecule has 0 radical (unpaired) electrons. The van der Waals surface area contributed by atoms with Gasteiger partial charge in [-0.1, -0.05) is 5.21 Å². The fourth-order valence-electron chi connectivity index (χ4n) is 0.787. The number of carbonyl (C=O) groups is 1. The summed E-state index contributed by atoms with van der Waals surface area (Å²) in [6, 6.07) is 0. The van der Waals surface area contributed by atoms with Crippen LogP contribution in [0.1, 0.15) is 23.1 Å². The summed E-state index contributed by atoms with van der Waals surface area (Å²) in [4.78, 5) is 10.4. The van der Waals surface area contributed by atoms with Crippen molar-refractivity contribution in [2.45, 2.75) is 20.4 Å². The van der Waals surface area contributed by atoms with Crippen LogP contribution in [0.3, 0.4) is 0 Å². The van der Waals surface area contributed by atoms with E-state index in [1.807, 2.05) is 6.92 Å². The molecule has 0 atom stereocenters. The maximum atomic E-state index is 10.4. The Balaban J connectivity index is 3.12. The molecular formula is C6H9N3O. The average Bonchev–Trinajstić information content (AvgIpc) is 2.30. The second kappa shape index (κ2) is 2.60. The monoisotopic (exact) mass is 139 g/mol. The van der Waals surface area contributed by atoms with Gasteiger partial charge in [-0.25, -0.2) is 4.68 Å². The molecular weight excluding hydrogens is 130 g/mol. The van der Waals surface area contributed by atoms with Gasteiger partial charge in [-0.2, -0.15) is 0 Å². The van der Waals surface area contributed by atoms with E-state index in [4.69, 9.17) is 0 Å². The first-order chi connectivity index (χ1) is 4.79. The van der Waals surface area contributed by atoms with Gasteiger partial charge in [-0.3, -0.25) is 4.79 Å². The van der Waals surface area contributed by atoms with Crippen molar-refractivity contribution in [3.05, 3.63) is 11.4 Å². The van der Waals surface area contributed by atoms with E-state index in [2.05, 4.69) is 10.3 Å². The summed E-state index contributed by atoms with van der Waals surface area (Å²) < 4.78 is 1.57. The molecule has 0 aromatic carbocycles. The van der Waals surface area contributed by atoms with Crippen LogP contribution in [0.25, 0.3) is 0 Å². The van der Waals surface area contributed by atoms with Crippen molar-refractivity contribution >= 4 is 6.29 Å². The van der Waals surface area contributed by atoms with E-state index in [-0.39, 0.29) is 0 Å². The highest BCUT2D eigenvalue weighted by Gasteiger charge is 2.04. The first kappa shape index (κ1) is 6.92. The number of hydrogen-bond donors (Lipinski definition) is 0. The Morgan fingerprint density at radius 1 is 1.70 bits per heavy atom. The Morgan fingerprint density at radius 3 is 2.80 bits per heavy atom. The smallest absolute Gasteiger partial charge is 0.170 e. The van der Waals surface area contributed by atoms with Crippen LogP contribution in [0, 0.1) is 6.92 Å². The topological polar surface area (TPSA) is 47.8 Å². The number of nitrogens with zero attached hydrogens (tertiary/aromatic N) is 3. The highest BCUT2D eigenvalue weighted by molar-refractivity contribution is 5.73. The quantitative estimate of drug-likeness (QED) is 0.558. The first-order valence-electron chi connectivity index (χ1n) is 3.14. The fraction of sp³-hybridized carbons (Fsp3) is 0.500. The van der Waals surface area contributed by atoms with Crippen molar-refractivity contribution in [3.8, 4) is 0 Å². The maximum Gasteiger partial charge on any atom is 0.170 e. The zero-order valence-corrected chi connectivity index (χ0v) is 6.03. The summed E-state index contributed by atoms with van der Waals surface area (Å²) >= 11 is 0. The number of aryl methyl sites for hydroxylation is 2. The summed E-state index contributed by atoms with van der Waals surface area (Å²) in [6.45, 7) is 4.37. The van der Waals surface area contributed by atoms with Crippen molar-refractivity contribution in [2.24, 2.45) is 0 Å². The van der Waals surface area contributed by atoms with Gasteiger partial charge in [0, 0.05) is 6.54 Å². The highest BCUT2D eigenvalue weighted by atomic mass is 16.1. The lowest BCUT2D eigenvalue weighted by atomic mass is 10.4. The molecule has 0 bridgehead atoms. The minimum Gasteiger partial charge on any atom is -0.296 e. The van der Waals surface area contributed by atoms with Crippen LogP contribution in [-0.4, -0.2) is 21.3 Å². The fourth-order valence-corrected chi connectivity index (χ4v) is 0.787. The minimum atomic E-state index is 0.572. The molecule has 0 aliphatic heterocycles. The third-order valence-electron chi connectivity index (χ3n) is 1.36. The third-order valence-corrected chi connectivity index (χ3v) is 1.36. The predicted octanol–water partition coefficient (Wildman–Crippen LogP) is 0.419. The largest absolute Gasteiger partial charge is 0.296 e. The van der Waals surface area contributed by atoms with Crippen LogP contribution in [0.5, 0.6) is 0 Å². The van der Waals surface area contributed by atoms with Crippen LogP contribution < -0.4 is 0 Å². The zero-order chi connectivity index (χ0) is 7.56. The first-order valence-corrected chi connectivity index (χ1v) is 3.14. The number of aromatic nitrogens is 3. The molecule has 0 aliphatic carbocycles. The average molecular weight is 139 g/mol. The van der Waals surface area contributed by atoms with E-state index >= 15 is 0 Å². The van der Waals surface area contributed by atoms with Crippen LogP contribution in [0.15, 0.2) is 0 Å². The molecule has 0 saturated carbocycles. The lowest BCUT2D eigenvalue weighted by molar-refractivity contribution is 0.111. The summed E-state index contributed by atoms with van der Waals surface area (Å²) in [6.07, 6.45) is 0.777. The van der Waals surface area contributed by atoms with Crippen LogP contribution >= 0.6 is 0 Å². The predicted molar refractivity (Wildman–Crippen MR) is 35.8 cm³/mol. The van der Waals surface area contributed by atoms with E-state index in [0.717, 1.165) is 6.29 Å². The highest BCUT2D eigenvalue weighted by Crippen LogP contribution is 1.98. The second-order valence-electron chi connectivity index (χ2n) is 1.99. The summed E-state index contributed by atoms with van der Waals surface area (Å²) in [5.41, 5.74) is 1.26.